The Balaban J connectivity index is 2.83. The van der Waals surface area contributed by atoms with Crippen molar-refractivity contribution >= 4 is 12.6 Å². The van der Waals surface area contributed by atoms with E-state index in [9.17, 15) is 10.1 Å². The van der Waals surface area contributed by atoms with Gasteiger partial charge in [-0.05, 0) is 40.1 Å². The van der Waals surface area contributed by atoms with Crippen molar-refractivity contribution in [1.82, 2.24) is 0 Å². The van der Waals surface area contributed by atoms with Crippen LogP contribution in [-0.4, -0.2) is 28.5 Å². The summed E-state index contributed by atoms with van der Waals surface area (Å²) in [7, 11) is -1.03. The molecule has 94 valence electrons. The van der Waals surface area contributed by atoms with Crippen molar-refractivity contribution in [2.45, 2.75) is 45.8 Å². The molecule has 17 heavy (non-hydrogen) atoms. The van der Waals surface area contributed by atoms with Gasteiger partial charge in [0.25, 0.3) is 0 Å². The number of hydrogen-bond donors (Lipinski definition) is 2. The topological polar surface area (TPSA) is 49.7 Å². The van der Waals surface area contributed by atoms with Gasteiger partial charge < -0.3 is 14.8 Å². The van der Waals surface area contributed by atoms with Gasteiger partial charge in [0, 0.05) is 0 Å². The van der Waals surface area contributed by atoms with Gasteiger partial charge in [-0.25, -0.2) is 0 Å². The zero-order valence-corrected chi connectivity index (χ0v) is 11.2. The molecule has 0 saturated heterocycles. The standard InChI is InChI=1S/C13H21BO3/c1-10-7-6-8-11(9-10)14(16)17-13(4,5)12(2,3)15/h6-9,15-16H,1-5H3. The average molecular weight is 236 g/mol. The smallest absolute Gasteiger partial charge is 0.423 e. The summed E-state index contributed by atoms with van der Waals surface area (Å²) in [6.45, 7) is 8.79. The number of benzene rings is 1. The third-order valence-electron chi connectivity index (χ3n) is 3.21. The molecule has 0 bridgehead atoms. The second-order valence-electron chi connectivity index (χ2n) is 5.45. The third-order valence-corrected chi connectivity index (χ3v) is 3.21. The second-order valence-corrected chi connectivity index (χ2v) is 5.45. The molecule has 0 heterocycles. The molecule has 0 aliphatic carbocycles. The first-order valence-electron chi connectivity index (χ1n) is 5.78. The van der Waals surface area contributed by atoms with E-state index in [1.165, 1.54) is 0 Å². The first-order chi connectivity index (χ1) is 7.63. The summed E-state index contributed by atoms with van der Waals surface area (Å²) in [5.41, 5.74) is -0.109. The summed E-state index contributed by atoms with van der Waals surface area (Å²) in [4.78, 5) is 0. The van der Waals surface area contributed by atoms with Crippen molar-refractivity contribution in [3.63, 3.8) is 0 Å². The third kappa shape index (κ3) is 3.56. The Morgan fingerprint density at radius 3 is 2.24 bits per heavy atom. The lowest BCUT2D eigenvalue weighted by Crippen LogP contribution is -2.53. The van der Waals surface area contributed by atoms with E-state index in [0.717, 1.165) is 5.56 Å². The highest BCUT2D eigenvalue weighted by molar-refractivity contribution is 6.60. The van der Waals surface area contributed by atoms with Gasteiger partial charge in [0.15, 0.2) is 0 Å². The minimum atomic E-state index is -1.03. The van der Waals surface area contributed by atoms with Gasteiger partial charge in [-0.1, -0.05) is 29.8 Å². The van der Waals surface area contributed by atoms with Crippen LogP contribution in [0.4, 0.5) is 0 Å². The van der Waals surface area contributed by atoms with Crippen molar-refractivity contribution < 1.29 is 14.8 Å². The first kappa shape index (κ1) is 14.2. The Hall–Kier alpha value is -0.835. The summed E-state index contributed by atoms with van der Waals surface area (Å²) >= 11 is 0. The van der Waals surface area contributed by atoms with Crippen molar-refractivity contribution in [3.8, 4) is 0 Å². The molecule has 0 aliphatic heterocycles. The molecule has 1 aromatic rings. The SMILES string of the molecule is Cc1cccc(B(O)OC(C)(C)C(C)(C)O)c1. The van der Waals surface area contributed by atoms with Gasteiger partial charge in [-0.15, -0.1) is 0 Å². The number of rotatable bonds is 4. The number of aryl methyl sites for hydroxylation is 1. The lowest BCUT2D eigenvalue weighted by Gasteiger charge is -2.38. The highest BCUT2D eigenvalue weighted by atomic mass is 16.5. The molecule has 0 atom stereocenters. The molecule has 0 aromatic heterocycles. The average Bonchev–Trinajstić information content (AvgIpc) is 2.15. The van der Waals surface area contributed by atoms with Crippen LogP contribution < -0.4 is 5.46 Å². The van der Waals surface area contributed by atoms with Crippen LogP contribution in [-0.2, 0) is 4.65 Å². The van der Waals surface area contributed by atoms with Crippen LogP contribution in [0, 0.1) is 6.92 Å². The number of aliphatic hydroxyl groups is 1. The van der Waals surface area contributed by atoms with Crippen LogP contribution in [0.5, 0.6) is 0 Å². The predicted octanol–water partition coefficient (Wildman–Crippen LogP) is 1.25. The van der Waals surface area contributed by atoms with E-state index in [4.69, 9.17) is 4.65 Å². The minimum absolute atomic E-state index is 0.697. The highest BCUT2D eigenvalue weighted by Crippen LogP contribution is 2.25. The summed E-state index contributed by atoms with van der Waals surface area (Å²) in [5, 5.41) is 20.0. The van der Waals surface area contributed by atoms with E-state index in [2.05, 4.69) is 0 Å². The molecule has 0 aliphatic rings. The molecule has 1 aromatic carbocycles. The quantitative estimate of drug-likeness (QED) is 0.773. The zero-order valence-electron chi connectivity index (χ0n) is 11.2. The highest BCUT2D eigenvalue weighted by Gasteiger charge is 2.39. The first-order valence-corrected chi connectivity index (χ1v) is 5.78. The summed E-state index contributed by atoms with van der Waals surface area (Å²) < 4.78 is 5.55. The van der Waals surface area contributed by atoms with Gasteiger partial charge in [-0.2, -0.15) is 0 Å². The van der Waals surface area contributed by atoms with E-state index in [1.807, 2.05) is 25.1 Å². The zero-order chi connectivity index (χ0) is 13.3. The lowest BCUT2D eigenvalue weighted by molar-refractivity contribution is -0.0982. The molecule has 2 N–H and O–H groups in total. The largest absolute Gasteiger partial charge is 0.491 e. The van der Waals surface area contributed by atoms with Crippen LogP contribution in [0.2, 0.25) is 0 Å². The molecule has 0 spiro atoms. The maximum absolute atomic E-state index is 10.0. The Labute approximate surface area is 104 Å². The monoisotopic (exact) mass is 236 g/mol. The van der Waals surface area contributed by atoms with Crippen LogP contribution in [0.1, 0.15) is 33.3 Å². The van der Waals surface area contributed by atoms with Crippen molar-refractivity contribution in [2.24, 2.45) is 0 Å². The van der Waals surface area contributed by atoms with Gasteiger partial charge in [0.1, 0.15) is 0 Å². The van der Waals surface area contributed by atoms with E-state index < -0.39 is 18.3 Å². The Morgan fingerprint density at radius 1 is 1.18 bits per heavy atom. The molecule has 0 radical (unpaired) electrons. The molecule has 0 amide bonds. The fourth-order valence-corrected chi connectivity index (χ4v) is 1.32. The van der Waals surface area contributed by atoms with Crippen molar-refractivity contribution in [2.75, 3.05) is 0 Å². The van der Waals surface area contributed by atoms with Crippen LogP contribution >= 0.6 is 0 Å². The maximum Gasteiger partial charge on any atom is 0.491 e. The molecular weight excluding hydrogens is 215 g/mol. The Morgan fingerprint density at radius 2 is 1.76 bits per heavy atom. The summed E-state index contributed by atoms with van der Waals surface area (Å²) in [5.74, 6) is 0. The van der Waals surface area contributed by atoms with Gasteiger partial charge in [0.05, 0.1) is 11.2 Å². The minimum Gasteiger partial charge on any atom is -0.423 e. The molecule has 0 saturated carbocycles. The van der Waals surface area contributed by atoms with Gasteiger partial charge in [0.2, 0.25) is 0 Å². The van der Waals surface area contributed by atoms with Gasteiger partial charge in [-0.3, -0.25) is 0 Å². The molecule has 3 nitrogen and oxygen atoms in total. The Kier molecular flexibility index (Phi) is 4.02. The fourth-order valence-electron chi connectivity index (χ4n) is 1.32. The van der Waals surface area contributed by atoms with Crippen molar-refractivity contribution in [1.29, 1.82) is 0 Å². The summed E-state index contributed by atoms with van der Waals surface area (Å²) in [6, 6.07) is 7.49. The van der Waals surface area contributed by atoms with Crippen LogP contribution in [0.25, 0.3) is 0 Å². The van der Waals surface area contributed by atoms with E-state index >= 15 is 0 Å². The van der Waals surface area contributed by atoms with E-state index in [-0.39, 0.29) is 0 Å². The van der Waals surface area contributed by atoms with E-state index in [0.29, 0.717) is 5.46 Å². The van der Waals surface area contributed by atoms with E-state index in [1.54, 1.807) is 33.8 Å². The lowest BCUT2D eigenvalue weighted by atomic mass is 9.76. The fraction of sp³-hybridized carbons (Fsp3) is 0.538. The van der Waals surface area contributed by atoms with Gasteiger partial charge >= 0.3 is 7.12 Å². The normalized spacial score (nSPS) is 12.6. The van der Waals surface area contributed by atoms with Crippen LogP contribution in [0.15, 0.2) is 24.3 Å². The Bertz CT molecular complexity index is 382. The van der Waals surface area contributed by atoms with Crippen LogP contribution in [0.3, 0.4) is 0 Å². The molecule has 1 rings (SSSR count). The molecule has 0 unspecified atom stereocenters. The maximum atomic E-state index is 10.0. The van der Waals surface area contributed by atoms with Crippen molar-refractivity contribution in [3.05, 3.63) is 29.8 Å². The molecule has 4 heteroatoms. The number of hydrogen-bond acceptors (Lipinski definition) is 3. The summed E-state index contributed by atoms with van der Waals surface area (Å²) in [6.07, 6.45) is 0. The molecule has 0 fully saturated rings. The predicted molar refractivity (Wildman–Crippen MR) is 70.2 cm³/mol. The molecular formula is C13H21BO3. The second kappa shape index (κ2) is 4.80.